The third-order valence-electron chi connectivity index (χ3n) is 3.88. The van der Waals surface area contributed by atoms with Crippen molar-refractivity contribution in [2.24, 2.45) is 0 Å². The lowest BCUT2D eigenvalue weighted by molar-refractivity contribution is 0.185. The predicted octanol–water partition coefficient (Wildman–Crippen LogP) is 3.29. The van der Waals surface area contributed by atoms with E-state index in [2.05, 4.69) is 13.8 Å². The van der Waals surface area contributed by atoms with Gasteiger partial charge in [0.2, 0.25) is 0 Å². The van der Waals surface area contributed by atoms with Crippen molar-refractivity contribution in [1.82, 2.24) is 0 Å². The predicted molar refractivity (Wildman–Crippen MR) is 72.1 cm³/mol. The highest BCUT2D eigenvalue weighted by molar-refractivity contribution is 8.13. The zero-order valence-electron chi connectivity index (χ0n) is 11.2. The van der Waals surface area contributed by atoms with Crippen molar-refractivity contribution in [2.75, 3.05) is 0 Å². The van der Waals surface area contributed by atoms with E-state index in [1.165, 1.54) is 0 Å². The molecular weight excluding hydrogens is 272 g/mol. The molecule has 1 aromatic carbocycles. The summed E-state index contributed by atoms with van der Waals surface area (Å²) in [5.74, 6) is 0.770. The van der Waals surface area contributed by atoms with Crippen LogP contribution in [-0.2, 0) is 14.5 Å². The van der Waals surface area contributed by atoms with Crippen LogP contribution in [0.2, 0.25) is 0 Å². The van der Waals surface area contributed by atoms with Gasteiger partial charge < -0.3 is 4.74 Å². The molecule has 0 amide bonds. The highest BCUT2D eigenvalue weighted by Gasteiger charge is 2.41. The number of rotatable bonds is 1. The topological polar surface area (TPSA) is 43.4 Å². The Morgan fingerprint density at radius 1 is 1.33 bits per heavy atom. The second-order valence-electron chi connectivity index (χ2n) is 5.44. The Hall–Kier alpha value is -0.740. The van der Waals surface area contributed by atoms with E-state index in [1.54, 1.807) is 19.9 Å². The summed E-state index contributed by atoms with van der Waals surface area (Å²) in [6.07, 6.45) is 0.0129. The largest absolute Gasteiger partial charge is 0.489 e. The first kappa shape index (κ1) is 13.7. The molecular formula is C13H17ClO3S. The summed E-state index contributed by atoms with van der Waals surface area (Å²) in [5, 5.41) is 0. The fraction of sp³-hybridized carbons (Fsp3) is 0.538. The molecule has 0 saturated carbocycles. The molecule has 0 aliphatic carbocycles. The molecule has 18 heavy (non-hydrogen) atoms. The average Bonchev–Trinajstić information content (AvgIpc) is 2.34. The molecule has 1 atom stereocenters. The van der Waals surface area contributed by atoms with Gasteiger partial charge in [0.25, 0.3) is 9.05 Å². The van der Waals surface area contributed by atoms with Gasteiger partial charge in [-0.3, -0.25) is 0 Å². The van der Waals surface area contributed by atoms with Crippen LogP contribution in [0.4, 0.5) is 0 Å². The van der Waals surface area contributed by atoms with Crippen LogP contribution in [0.1, 0.15) is 37.5 Å². The number of aryl methyl sites for hydroxylation is 1. The Kier molecular flexibility index (Phi) is 2.95. The molecule has 0 bridgehead atoms. The van der Waals surface area contributed by atoms with Crippen LogP contribution in [0.15, 0.2) is 11.0 Å². The molecule has 1 heterocycles. The summed E-state index contributed by atoms with van der Waals surface area (Å²) in [6, 6.07) is 1.77. The average molecular weight is 289 g/mol. The smallest absolute Gasteiger partial charge is 0.261 e. The van der Waals surface area contributed by atoms with Crippen molar-refractivity contribution in [2.45, 2.75) is 51.0 Å². The fourth-order valence-corrected chi connectivity index (χ4v) is 4.36. The van der Waals surface area contributed by atoms with Gasteiger partial charge in [-0.2, -0.15) is 0 Å². The van der Waals surface area contributed by atoms with E-state index in [-0.39, 0.29) is 16.4 Å². The Balaban J connectivity index is 2.84. The Labute approximate surface area is 113 Å². The van der Waals surface area contributed by atoms with Crippen LogP contribution < -0.4 is 4.74 Å². The van der Waals surface area contributed by atoms with Crippen LogP contribution in [0.3, 0.4) is 0 Å². The van der Waals surface area contributed by atoms with Crippen molar-refractivity contribution in [3.05, 3.63) is 22.8 Å². The minimum Gasteiger partial charge on any atom is -0.489 e. The van der Waals surface area contributed by atoms with E-state index in [0.29, 0.717) is 11.1 Å². The first-order valence-electron chi connectivity index (χ1n) is 5.82. The molecule has 0 fully saturated rings. The molecule has 100 valence electrons. The first-order chi connectivity index (χ1) is 8.06. The summed E-state index contributed by atoms with van der Waals surface area (Å²) in [6.45, 7) is 9.63. The van der Waals surface area contributed by atoms with Crippen LogP contribution in [0.5, 0.6) is 5.75 Å². The van der Waals surface area contributed by atoms with E-state index in [1.807, 2.05) is 6.92 Å². The van der Waals surface area contributed by atoms with Crippen LogP contribution in [-0.4, -0.2) is 14.5 Å². The lowest BCUT2D eigenvalue weighted by Crippen LogP contribution is -2.29. The zero-order chi connectivity index (χ0) is 13.9. The van der Waals surface area contributed by atoms with E-state index in [0.717, 1.165) is 11.3 Å². The molecule has 1 unspecified atom stereocenters. The number of benzene rings is 1. The van der Waals surface area contributed by atoms with Crippen LogP contribution in [0, 0.1) is 13.8 Å². The SMILES string of the molecule is Cc1cc2c(c(C)c1S(=O)(=O)Cl)C(C)(C)C(C)O2. The molecule has 1 aromatic rings. The van der Waals surface area contributed by atoms with Gasteiger partial charge in [0.05, 0.1) is 4.90 Å². The van der Waals surface area contributed by atoms with Gasteiger partial charge >= 0.3 is 0 Å². The highest BCUT2D eigenvalue weighted by Crippen LogP contribution is 2.47. The van der Waals surface area contributed by atoms with Crippen LogP contribution in [0.25, 0.3) is 0 Å². The number of fused-ring (bicyclic) bond motifs is 1. The molecule has 3 nitrogen and oxygen atoms in total. The van der Waals surface area contributed by atoms with Crippen molar-refractivity contribution >= 4 is 19.7 Å². The summed E-state index contributed by atoms with van der Waals surface area (Å²) in [4.78, 5) is 0.216. The highest BCUT2D eigenvalue weighted by atomic mass is 35.7. The Morgan fingerprint density at radius 3 is 2.39 bits per heavy atom. The molecule has 1 aliphatic heterocycles. The molecule has 0 saturated heterocycles. The Morgan fingerprint density at radius 2 is 1.89 bits per heavy atom. The molecule has 5 heteroatoms. The van der Waals surface area contributed by atoms with Crippen molar-refractivity contribution in [3.8, 4) is 5.75 Å². The maximum atomic E-state index is 11.7. The Bertz CT molecular complexity index is 618. The second-order valence-corrected chi connectivity index (χ2v) is 7.94. The quantitative estimate of drug-likeness (QED) is 0.745. The maximum absolute atomic E-state index is 11.7. The molecule has 2 rings (SSSR count). The number of halogens is 1. The van der Waals surface area contributed by atoms with Crippen LogP contribution >= 0.6 is 10.7 Å². The van der Waals surface area contributed by atoms with E-state index in [9.17, 15) is 8.42 Å². The summed E-state index contributed by atoms with van der Waals surface area (Å²) < 4.78 is 29.2. The lowest BCUT2D eigenvalue weighted by Gasteiger charge is -2.24. The molecule has 1 aliphatic rings. The molecule has 0 spiro atoms. The normalized spacial score (nSPS) is 21.6. The third kappa shape index (κ3) is 1.82. The minimum atomic E-state index is -3.74. The number of ether oxygens (including phenoxy) is 1. The molecule has 0 radical (unpaired) electrons. The minimum absolute atomic E-state index is 0.0129. The summed E-state index contributed by atoms with van der Waals surface area (Å²) in [7, 11) is 1.79. The van der Waals surface area contributed by atoms with Gasteiger partial charge in [0.1, 0.15) is 11.9 Å². The van der Waals surface area contributed by atoms with Gasteiger partial charge in [-0.25, -0.2) is 8.42 Å². The summed E-state index contributed by atoms with van der Waals surface area (Å²) >= 11 is 0. The fourth-order valence-electron chi connectivity index (χ4n) is 2.74. The van der Waals surface area contributed by atoms with Gasteiger partial charge in [0, 0.05) is 21.7 Å². The molecule has 0 aromatic heterocycles. The number of hydrogen-bond acceptors (Lipinski definition) is 3. The van der Waals surface area contributed by atoms with Crippen molar-refractivity contribution in [1.29, 1.82) is 0 Å². The van der Waals surface area contributed by atoms with Gasteiger partial charge in [-0.15, -0.1) is 0 Å². The standard InChI is InChI=1S/C13H17ClO3S/c1-7-6-10-11(13(4,5)9(3)17-10)8(2)12(7)18(14,15)16/h6,9H,1-5H3. The monoisotopic (exact) mass is 288 g/mol. The second kappa shape index (κ2) is 3.87. The number of hydrogen-bond donors (Lipinski definition) is 0. The van der Waals surface area contributed by atoms with Gasteiger partial charge in [0.15, 0.2) is 0 Å². The van der Waals surface area contributed by atoms with E-state index < -0.39 is 9.05 Å². The maximum Gasteiger partial charge on any atom is 0.261 e. The zero-order valence-corrected chi connectivity index (χ0v) is 12.7. The van der Waals surface area contributed by atoms with E-state index >= 15 is 0 Å². The van der Waals surface area contributed by atoms with Gasteiger partial charge in [-0.05, 0) is 38.0 Å². The first-order valence-corrected chi connectivity index (χ1v) is 8.13. The third-order valence-corrected chi connectivity index (χ3v) is 5.45. The van der Waals surface area contributed by atoms with Gasteiger partial charge in [-0.1, -0.05) is 13.8 Å². The lowest BCUT2D eigenvalue weighted by atomic mass is 9.79. The van der Waals surface area contributed by atoms with Crippen molar-refractivity contribution in [3.63, 3.8) is 0 Å². The van der Waals surface area contributed by atoms with E-state index in [4.69, 9.17) is 15.4 Å². The molecule has 0 N–H and O–H groups in total. The van der Waals surface area contributed by atoms with Crippen molar-refractivity contribution < 1.29 is 13.2 Å². The summed E-state index contributed by atoms with van der Waals surface area (Å²) in [5.41, 5.74) is 2.06.